The highest BCUT2D eigenvalue weighted by molar-refractivity contribution is 7.19. The van der Waals surface area contributed by atoms with Gasteiger partial charge in [-0.25, -0.2) is 0 Å². The summed E-state index contributed by atoms with van der Waals surface area (Å²) in [6.45, 7) is 43.6. The molecule has 0 radical (unpaired) electrons. The van der Waals surface area contributed by atoms with Crippen LogP contribution in [-0.4, -0.2) is 0 Å². The van der Waals surface area contributed by atoms with Gasteiger partial charge in [0.15, 0.2) is 0 Å². The Labute approximate surface area is 269 Å². The molecule has 0 N–H and O–H groups in total. The topological polar surface area (TPSA) is 0 Å². The minimum atomic E-state index is -0.231. The van der Waals surface area contributed by atoms with E-state index in [9.17, 15) is 0 Å². The van der Waals surface area contributed by atoms with Gasteiger partial charge in [-0.05, 0) is 77.6 Å². The molecule has 3 unspecified atom stereocenters. The normalized spacial score (nSPS) is 14.9. The van der Waals surface area contributed by atoms with Crippen LogP contribution in [0.5, 0.6) is 0 Å². The molecular weight excluding hydrogens is 561 g/mol. The van der Waals surface area contributed by atoms with Crippen LogP contribution in [0.15, 0.2) is 30.3 Å². The Morgan fingerprint density at radius 2 is 0.905 bits per heavy atom. The summed E-state index contributed by atoms with van der Waals surface area (Å²) in [4.78, 5) is 0. The number of rotatable bonds is 4. The molecule has 2 rings (SSSR count). The van der Waals surface area contributed by atoms with Gasteiger partial charge in [-0.3, -0.25) is 0 Å². The van der Waals surface area contributed by atoms with Crippen LogP contribution in [0.2, 0.25) is 0 Å². The van der Waals surface area contributed by atoms with Crippen molar-refractivity contribution in [1.82, 2.24) is 0 Å². The average molecular weight is 629 g/mol. The molecule has 0 aliphatic rings. The first kappa shape index (κ1) is 37.9. The maximum absolute atomic E-state index is 3.49. The molecule has 0 fully saturated rings. The number of hydrogen-bond acceptors (Lipinski definition) is 0. The largest absolute Gasteiger partial charge is 0.133 e. The van der Waals surface area contributed by atoms with Gasteiger partial charge in [0.2, 0.25) is 0 Å². The van der Waals surface area contributed by atoms with Crippen LogP contribution in [-0.2, 0) is 27.3 Å². The van der Waals surface area contributed by atoms with Crippen molar-refractivity contribution < 1.29 is 0 Å². The van der Waals surface area contributed by atoms with E-state index in [4.69, 9.17) is 0 Å². The first-order chi connectivity index (χ1) is 18.4. The fourth-order valence-corrected chi connectivity index (χ4v) is 8.79. The lowest BCUT2D eigenvalue weighted by molar-refractivity contribution is 0.118. The smallest absolute Gasteiger partial charge is 0.0203 e. The Kier molecular flexibility index (Phi) is 10.4. The van der Waals surface area contributed by atoms with Crippen LogP contribution in [0, 0.1) is 21.7 Å². The second-order valence-corrected chi connectivity index (χ2v) is 21.2. The van der Waals surface area contributed by atoms with Crippen molar-refractivity contribution in [3.8, 4) is 11.1 Å². The maximum Gasteiger partial charge on any atom is 0.0203 e. The fourth-order valence-electron chi connectivity index (χ4n) is 7.90. The highest BCUT2D eigenvalue weighted by atomic mass is 31.0. The highest BCUT2D eigenvalue weighted by Crippen LogP contribution is 2.66. The molecule has 3 atom stereocenters. The predicted octanol–water partition coefficient (Wildman–Crippen LogP) is 12.6. The monoisotopic (exact) mass is 628 g/mol. The number of benzene rings is 2. The van der Waals surface area contributed by atoms with Gasteiger partial charge in [0.25, 0.3) is 0 Å². The summed E-state index contributed by atoms with van der Waals surface area (Å²) in [6, 6.07) is 12.1. The summed E-state index contributed by atoms with van der Waals surface area (Å²) >= 11 is 0. The summed E-state index contributed by atoms with van der Waals surface area (Å²) < 4.78 is 0. The van der Waals surface area contributed by atoms with E-state index in [0.717, 1.165) is 6.16 Å². The van der Waals surface area contributed by atoms with Crippen LogP contribution in [0.1, 0.15) is 152 Å². The van der Waals surface area contributed by atoms with Gasteiger partial charge in [-0.2, -0.15) is 0 Å². The summed E-state index contributed by atoms with van der Waals surface area (Å²) in [7, 11) is 9.94. The van der Waals surface area contributed by atoms with Crippen LogP contribution in [0.4, 0.5) is 0 Å². The third kappa shape index (κ3) is 6.37. The summed E-state index contributed by atoms with van der Waals surface area (Å²) in [5.74, 6) is 0. The van der Waals surface area contributed by atoms with Gasteiger partial charge in [0.1, 0.15) is 0 Å². The first-order valence-electron chi connectivity index (χ1n) is 16.0. The molecular formula is C39H67P3. The zero-order valence-electron chi connectivity index (χ0n) is 30.8. The van der Waals surface area contributed by atoms with Crippen molar-refractivity contribution >= 4 is 27.7 Å². The molecule has 0 aliphatic carbocycles. The molecule has 0 amide bonds. The Bertz CT molecular complexity index is 1240. The van der Waals surface area contributed by atoms with Gasteiger partial charge < -0.3 is 0 Å². The van der Waals surface area contributed by atoms with Crippen LogP contribution >= 0.6 is 27.7 Å². The van der Waals surface area contributed by atoms with Crippen molar-refractivity contribution in [3.05, 3.63) is 58.1 Å². The second-order valence-electron chi connectivity index (χ2n) is 19.1. The zero-order valence-corrected chi connectivity index (χ0v) is 34.3. The summed E-state index contributed by atoms with van der Waals surface area (Å²) in [5.41, 5.74) is 10.0. The lowest BCUT2D eigenvalue weighted by Gasteiger charge is -2.58. The van der Waals surface area contributed by atoms with Gasteiger partial charge in [0, 0.05) is 10.3 Å². The molecule has 0 aromatic heterocycles. The van der Waals surface area contributed by atoms with E-state index in [0.29, 0.717) is 0 Å². The summed E-state index contributed by atoms with van der Waals surface area (Å²) in [5, 5.41) is -0.419. The molecule has 0 aliphatic heterocycles. The standard InChI is InChI=1S/C39H67P3/c1-32(2,3)27-23-22-25(24-40)30(33(4,5)6)29(27)26-20-19-21-28(38(41,34(7,8)9)35(10,11)12)31(26)39(42,36(13,14)15)37(16,17)18/h19-23H,24,40-42H2,1-18H3. The molecule has 0 heterocycles. The Morgan fingerprint density at radius 1 is 0.476 bits per heavy atom. The van der Waals surface area contributed by atoms with Crippen molar-refractivity contribution in [2.45, 2.75) is 152 Å². The zero-order chi connectivity index (χ0) is 33.3. The predicted molar refractivity (Wildman–Crippen MR) is 203 cm³/mol. The van der Waals surface area contributed by atoms with Gasteiger partial charge in [-0.1, -0.05) is 155 Å². The molecule has 0 bridgehead atoms. The molecule has 3 heteroatoms. The van der Waals surface area contributed by atoms with Crippen molar-refractivity contribution in [2.24, 2.45) is 21.7 Å². The minimum Gasteiger partial charge on any atom is -0.133 e. The molecule has 0 saturated heterocycles. The van der Waals surface area contributed by atoms with Crippen molar-refractivity contribution in [2.75, 3.05) is 0 Å². The van der Waals surface area contributed by atoms with E-state index in [1.807, 2.05) is 0 Å². The summed E-state index contributed by atoms with van der Waals surface area (Å²) in [6.07, 6.45) is 0.946. The fraction of sp³-hybridized carbons (Fsp3) is 0.692. The highest BCUT2D eigenvalue weighted by Gasteiger charge is 2.56. The maximum atomic E-state index is 3.49. The van der Waals surface area contributed by atoms with Gasteiger partial charge in [-0.15, -0.1) is 27.7 Å². The Hall–Kier alpha value is -0.270. The Balaban J connectivity index is 3.60. The van der Waals surface area contributed by atoms with Gasteiger partial charge in [0.05, 0.1) is 0 Å². The SMILES string of the molecule is CC(C)(C)c1ccc(CP)c(C(C)(C)C)c1-c1cccc(C(P)(C(C)(C)C)C(C)(C)C)c1C(P)(C(C)(C)C)C(C)(C)C. The lowest BCUT2D eigenvalue weighted by atomic mass is 9.55. The average Bonchev–Trinajstić information content (AvgIpc) is 2.77. The van der Waals surface area contributed by atoms with E-state index in [-0.39, 0.29) is 42.8 Å². The van der Waals surface area contributed by atoms with E-state index < -0.39 is 0 Å². The molecule has 0 saturated carbocycles. The van der Waals surface area contributed by atoms with Crippen LogP contribution in [0.25, 0.3) is 11.1 Å². The minimum absolute atomic E-state index is 0.00768. The van der Waals surface area contributed by atoms with Crippen LogP contribution in [0.3, 0.4) is 0 Å². The third-order valence-corrected chi connectivity index (χ3v) is 14.5. The van der Waals surface area contributed by atoms with E-state index in [1.165, 1.54) is 38.9 Å². The van der Waals surface area contributed by atoms with E-state index >= 15 is 0 Å². The molecule has 2 aromatic rings. The molecule has 42 heavy (non-hydrogen) atoms. The first-order valence-corrected chi connectivity index (χ1v) is 18.0. The number of hydrogen-bond donors (Lipinski definition) is 0. The third-order valence-electron chi connectivity index (χ3n) is 9.95. The quantitative estimate of drug-likeness (QED) is 0.296. The molecule has 2 aromatic carbocycles. The van der Waals surface area contributed by atoms with E-state index in [2.05, 4.69) is 183 Å². The van der Waals surface area contributed by atoms with Gasteiger partial charge >= 0.3 is 0 Å². The molecule has 0 spiro atoms. The molecule has 238 valence electrons. The van der Waals surface area contributed by atoms with Crippen LogP contribution < -0.4 is 0 Å². The lowest BCUT2D eigenvalue weighted by Crippen LogP contribution is -2.51. The Morgan fingerprint density at radius 3 is 1.24 bits per heavy atom. The van der Waals surface area contributed by atoms with Crippen molar-refractivity contribution in [3.63, 3.8) is 0 Å². The second kappa shape index (κ2) is 11.5. The molecule has 0 nitrogen and oxygen atoms in total. The van der Waals surface area contributed by atoms with E-state index in [1.54, 1.807) is 0 Å². The van der Waals surface area contributed by atoms with Crippen molar-refractivity contribution in [1.29, 1.82) is 0 Å².